The Balaban J connectivity index is 1.79. The van der Waals surface area contributed by atoms with Crippen molar-refractivity contribution in [3.63, 3.8) is 0 Å². The van der Waals surface area contributed by atoms with E-state index in [-0.39, 0.29) is 54.5 Å². The Labute approximate surface area is 246 Å². The van der Waals surface area contributed by atoms with Gasteiger partial charge in [-0.2, -0.15) is 0 Å². The van der Waals surface area contributed by atoms with E-state index in [1.807, 2.05) is 25.1 Å². The summed E-state index contributed by atoms with van der Waals surface area (Å²) in [4.78, 5) is 28.6. The summed E-state index contributed by atoms with van der Waals surface area (Å²) in [5.41, 5.74) is 0.991. The lowest BCUT2D eigenvalue weighted by Gasteiger charge is -2.33. The Bertz CT molecular complexity index is 1250. The average Bonchev–Trinajstić information content (AvgIpc) is 2.89. The van der Waals surface area contributed by atoms with E-state index in [2.05, 4.69) is 5.32 Å². The van der Waals surface area contributed by atoms with Crippen molar-refractivity contribution in [3.05, 3.63) is 63.1 Å². The Morgan fingerprint density at radius 3 is 2.36 bits per heavy atom. The van der Waals surface area contributed by atoms with E-state index < -0.39 is 16.1 Å². The van der Waals surface area contributed by atoms with Crippen LogP contribution in [0.15, 0.2) is 42.5 Å². The van der Waals surface area contributed by atoms with Crippen LogP contribution in [0.1, 0.15) is 63.9 Å². The molecular formula is C28H36Cl3N3O4S. The monoisotopic (exact) mass is 615 g/mol. The van der Waals surface area contributed by atoms with Crippen LogP contribution >= 0.6 is 34.8 Å². The van der Waals surface area contributed by atoms with Crippen molar-refractivity contribution in [1.82, 2.24) is 10.2 Å². The number of halogens is 3. The zero-order chi connectivity index (χ0) is 28.6. The molecule has 3 rings (SSSR count). The van der Waals surface area contributed by atoms with Crippen LogP contribution in [0.5, 0.6) is 0 Å². The molecule has 1 fully saturated rings. The predicted octanol–water partition coefficient (Wildman–Crippen LogP) is 6.45. The van der Waals surface area contributed by atoms with Crippen molar-refractivity contribution in [1.29, 1.82) is 0 Å². The largest absolute Gasteiger partial charge is 0.352 e. The fraction of sp³-hybridized carbons (Fsp3) is 0.500. The molecule has 2 aromatic rings. The lowest BCUT2D eigenvalue weighted by molar-refractivity contribution is -0.141. The highest BCUT2D eigenvalue weighted by atomic mass is 35.5. The van der Waals surface area contributed by atoms with Crippen LogP contribution in [0.2, 0.25) is 15.1 Å². The van der Waals surface area contributed by atoms with Gasteiger partial charge in [0.1, 0.15) is 6.04 Å². The number of carbonyl (C=O) groups is 2. The second-order valence-electron chi connectivity index (χ2n) is 9.92. The summed E-state index contributed by atoms with van der Waals surface area (Å²) in [7, 11) is -3.70. The van der Waals surface area contributed by atoms with E-state index in [0.717, 1.165) is 41.8 Å². The van der Waals surface area contributed by atoms with Gasteiger partial charge in [-0.1, -0.05) is 79.2 Å². The van der Waals surface area contributed by atoms with Crippen LogP contribution in [0.25, 0.3) is 0 Å². The van der Waals surface area contributed by atoms with E-state index >= 15 is 0 Å². The zero-order valence-electron chi connectivity index (χ0n) is 22.3. The second kappa shape index (κ2) is 14.6. The first-order chi connectivity index (χ1) is 18.5. The highest BCUT2D eigenvalue weighted by Gasteiger charge is 2.31. The number of anilines is 1. The van der Waals surface area contributed by atoms with Crippen molar-refractivity contribution in [3.8, 4) is 0 Å². The standard InChI is InChI=1S/C28H36Cl3N3O4S/c1-3-25(28(36)32-22-11-5-4-6-12-22)33(19-20-10-7-8-13-23(20)30)27(35)14-9-17-34(39(2,37)38)26-18-21(29)15-16-24(26)31/h7-8,10,13,15-16,18,22,25H,3-6,9,11-12,14,17,19H2,1-2H3,(H,32,36)/t25-/m0/s1. The van der Waals surface area contributed by atoms with Crippen LogP contribution in [-0.2, 0) is 26.2 Å². The molecule has 1 saturated carbocycles. The smallest absolute Gasteiger partial charge is 0.243 e. The maximum atomic E-state index is 13.6. The molecule has 1 aliphatic carbocycles. The molecule has 2 amide bonds. The summed E-state index contributed by atoms with van der Waals surface area (Å²) in [5, 5.41) is 4.25. The average molecular weight is 617 g/mol. The quantitative estimate of drug-likeness (QED) is 0.297. The molecule has 0 saturated heterocycles. The molecular weight excluding hydrogens is 581 g/mol. The molecule has 2 aromatic carbocycles. The van der Waals surface area contributed by atoms with Crippen LogP contribution in [0.4, 0.5) is 5.69 Å². The molecule has 1 N–H and O–H groups in total. The molecule has 11 heteroatoms. The van der Waals surface area contributed by atoms with E-state index in [0.29, 0.717) is 16.5 Å². The molecule has 0 radical (unpaired) electrons. The number of sulfonamides is 1. The van der Waals surface area contributed by atoms with Gasteiger partial charge in [0.15, 0.2) is 0 Å². The summed E-state index contributed by atoms with van der Waals surface area (Å²) in [5.74, 6) is -0.431. The first-order valence-corrected chi connectivity index (χ1v) is 16.3. The molecule has 0 heterocycles. The SMILES string of the molecule is CC[C@@H](C(=O)NC1CCCCC1)N(Cc1ccccc1Cl)C(=O)CCCN(c1cc(Cl)ccc1Cl)S(C)(=O)=O. The third kappa shape index (κ3) is 9.00. The number of nitrogens with one attached hydrogen (secondary N) is 1. The van der Waals surface area contributed by atoms with Gasteiger partial charge in [0.2, 0.25) is 21.8 Å². The van der Waals surface area contributed by atoms with Gasteiger partial charge in [-0.15, -0.1) is 0 Å². The summed E-state index contributed by atoms with van der Waals surface area (Å²) < 4.78 is 26.3. The molecule has 214 valence electrons. The number of rotatable bonds is 12. The molecule has 0 bridgehead atoms. The molecule has 0 aliphatic heterocycles. The van der Waals surface area contributed by atoms with Crippen LogP contribution in [0, 0.1) is 0 Å². The predicted molar refractivity (Wildman–Crippen MR) is 159 cm³/mol. The van der Waals surface area contributed by atoms with E-state index in [1.165, 1.54) is 18.6 Å². The summed E-state index contributed by atoms with van der Waals surface area (Å²) in [6.07, 6.45) is 6.97. The number of hydrogen-bond donors (Lipinski definition) is 1. The van der Waals surface area contributed by atoms with Gasteiger partial charge >= 0.3 is 0 Å². The van der Waals surface area contributed by atoms with Crippen molar-refractivity contribution >= 4 is 62.3 Å². The van der Waals surface area contributed by atoms with Gasteiger partial charge < -0.3 is 10.2 Å². The van der Waals surface area contributed by atoms with Crippen molar-refractivity contribution < 1.29 is 18.0 Å². The van der Waals surface area contributed by atoms with Gasteiger partial charge in [0, 0.05) is 35.6 Å². The van der Waals surface area contributed by atoms with Crippen molar-refractivity contribution in [2.45, 2.75) is 76.9 Å². The fourth-order valence-electron chi connectivity index (χ4n) is 4.93. The summed E-state index contributed by atoms with van der Waals surface area (Å²) in [6.45, 7) is 2.07. The normalized spacial score (nSPS) is 15.0. The third-order valence-corrected chi connectivity index (χ3v) is 9.07. The topological polar surface area (TPSA) is 86.8 Å². The number of hydrogen-bond acceptors (Lipinski definition) is 4. The first-order valence-electron chi connectivity index (χ1n) is 13.3. The lowest BCUT2D eigenvalue weighted by atomic mass is 9.95. The van der Waals surface area contributed by atoms with E-state index in [1.54, 1.807) is 17.0 Å². The van der Waals surface area contributed by atoms with Gasteiger partial charge in [0.05, 0.1) is 17.0 Å². The lowest BCUT2D eigenvalue weighted by Crippen LogP contribution is -2.51. The summed E-state index contributed by atoms with van der Waals surface area (Å²) >= 11 is 18.8. The Kier molecular flexibility index (Phi) is 11.8. The Morgan fingerprint density at radius 1 is 1.03 bits per heavy atom. The first kappa shape index (κ1) is 31.5. The highest BCUT2D eigenvalue weighted by molar-refractivity contribution is 7.92. The van der Waals surface area contributed by atoms with Crippen molar-refractivity contribution in [2.24, 2.45) is 0 Å². The van der Waals surface area contributed by atoms with E-state index in [4.69, 9.17) is 34.8 Å². The minimum absolute atomic E-state index is 0.0234. The minimum atomic E-state index is -3.70. The summed E-state index contributed by atoms with van der Waals surface area (Å²) in [6, 6.07) is 11.3. The van der Waals surface area contributed by atoms with Gasteiger partial charge in [0.25, 0.3) is 0 Å². The minimum Gasteiger partial charge on any atom is -0.352 e. The van der Waals surface area contributed by atoms with Crippen molar-refractivity contribution in [2.75, 3.05) is 17.1 Å². The molecule has 0 unspecified atom stereocenters. The maximum absolute atomic E-state index is 13.6. The third-order valence-electron chi connectivity index (χ3n) is 6.97. The van der Waals surface area contributed by atoms with Gasteiger partial charge in [-0.05, 0) is 55.5 Å². The number of nitrogens with zero attached hydrogens (tertiary/aromatic N) is 2. The number of amides is 2. The molecule has 0 aromatic heterocycles. The fourth-order valence-corrected chi connectivity index (χ4v) is 6.53. The zero-order valence-corrected chi connectivity index (χ0v) is 25.4. The van der Waals surface area contributed by atoms with Gasteiger partial charge in [-0.3, -0.25) is 13.9 Å². The second-order valence-corrected chi connectivity index (χ2v) is 13.1. The highest BCUT2D eigenvalue weighted by Crippen LogP contribution is 2.31. The Hall–Kier alpha value is -2.00. The molecule has 39 heavy (non-hydrogen) atoms. The maximum Gasteiger partial charge on any atom is 0.243 e. The molecule has 0 spiro atoms. The number of benzene rings is 2. The van der Waals surface area contributed by atoms with Crippen LogP contribution < -0.4 is 9.62 Å². The molecule has 1 aliphatic rings. The van der Waals surface area contributed by atoms with Crippen LogP contribution in [0.3, 0.4) is 0 Å². The van der Waals surface area contributed by atoms with Crippen LogP contribution in [-0.4, -0.2) is 50.0 Å². The Morgan fingerprint density at radius 2 is 1.72 bits per heavy atom. The molecule has 7 nitrogen and oxygen atoms in total. The number of carbonyl (C=O) groups excluding carboxylic acids is 2. The molecule has 1 atom stereocenters. The van der Waals surface area contributed by atoms with E-state index in [9.17, 15) is 18.0 Å². The van der Waals surface area contributed by atoms with Gasteiger partial charge in [-0.25, -0.2) is 8.42 Å².